The van der Waals surface area contributed by atoms with Crippen LogP contribution in [-0.4, -0.2) is 26.2 Å². The van der Waals surface area contributed by atoms with Crippen LogP contribution < -0.4 is 15.4 Å². The third-order valence-corrected chi connectivity index (χ3v) is 4.26. The Labute approximate surface area is 165 Å². The number of rotatable bonds is 8. The molecule has 2 aromatic rings. The number of thiophene rings is 1. The molecule has 0 saturated heterocycles. The van der Waals surface area contributed by atoms with Crippen LogP contribution >= 0.6 is 35.3 Å². The number of aryl methyl sites for hydroxylation is 1. The number of guanidine groups is 1. The smallest absolute Gasteiger partial charge is 0.191 e. The van der Waals surface area contributed by atoms with Crippen LogP contribution in [0.4, 0.5) is 0 Å². The predicted octanol–water partition coefficient (Wildman–Crippen LogP) is 4.20. The van der Waals surface area contributed by atoms with E-state index in [2.05, 4.69) is 52.2 Å². The van der Waals surface area contributed by atoms with Crippen molar-refractivity contribution in [2.24, 2.45) is 4.99 Å². The van der Waals surface area contributed by atoms with Crippen LogP contribution in [0.15, 0.2) is 46.8 Å². The van der Waals surface area contributed by atoms with Crippen LogP contribution in [0.3, 0.4) is 0 Å². The van der Waals surface area contributed by atoms with E-state index < -0.39 is 0 Å². The van der Waals surface area contributed by atoms with Crippen molar-refractivity contribution in [2.45, 2.75) is 26.3 Å². The van der Waals surface area contributed by atoms with Crippen LogP contribution in [-0.2, 0) is 6.54 Å². The molecule has 0 fully saturated rings. The van der Waals surface area contributed by atoms with Crippen molar-refractivity contribution >= 4 is 41.3 Å². The Hall–Kier alpha value is -1.28. The first-order valence-corrected chi connectivity index (χ1v) is 8.82. The lowest BCUT2D eigenvalue weighted by Crippen LogP contribution is -2.37. The van der Waals surface area contributed by atoms with E-state index in [0.29, 0.717) is 0 Å². The summed E-state index contributed by atoms with van der Waals surface area (Å²) >= 11 is 1.75. The van der Waals surface area contributed by atoms with Gasteiger partial charge in [-0.3, -0.25) is 4.99 Å². The van der Waals surface area contributed by atoms with Gasteiger partial charge in [-0.15, -0.1) is 35.3 Å². The first-order chi connectivity index (χ1) is 11.3. The third-order valence-electron chi connectivity index (χ3n) is 3.39. The van der Waals surface area contributed by atoms with E-state index in [4.69, 9.17) is 4.74 Å². The quantitative estimate of drug-likeness (QED) is 0.269. The van der Waals surface area contributed by atoms with E-state index in [9.17, 15) is 0 Å². The highest BCUT2D eigenvalue weighted by Gasteiger charge is 1.99. The van der Waals surface area contributed by atoms with Gasteiger partial charge in [0.1, 0.15) is 5.75 Å². The van der Waals surface area contributed by atoms with Crippen molar-refractivity contribution in [2.75, 3.05) is 20.2 Å². The Morgan fingerprint density at radius 1 is 1.12 bits per heavy atom. The van der Waals surface area contributed by atoms with Gasteiger partial charge in [0.15, 0.2) is 5.96 Å². The van der Waals surface area contributed by atoms with Crippen molar-refractivity contribution in [1.82, 2.24) is 10.6 Å². The van der Waals surface area contributed by atoms with Gasteiger partial charge in [0.2, 0.25) is 0 Å². The molecule has 24 heavy (non-hydrogen) atoms. The molecule has 0 bridgehead atoms. The molecule has 2 N–H and O–H groups in total. The number of nitrogens with one attached hydrogen (secondary N) is 2. The minimum absolute atomic E-state index is 0. The fourth-order valence-electron chi connectivity index (χ4n) is 2.06. The van der Waals surface area contributed by atoms with Crippen molar-refractivity contribution in [3.63, 3.8) is 0 Å². The van der Waals surface area contributed by atoms with Gasteiger partial charge in [-0.2, -0.15) is 0 Å². The number of aliphatic imine (C=N–C) groups is 1. The van der Waals surface area contributed by atoms with Crippen molar-refractivity contribution < 1.29 is 4.74 Å². The lowest BCUT2D eigenvalue weighted by molar-refractivity contribution is 0.307. The summed E-state index contributed by atoms with van der Waals surface area (Å²) in [5, 5.41) is 8.72. The monoisotopic (exact) mass is 459 g/mol. The molecule has 1 aromatic heterocycles. The average molecular weight is 459 g/mol. The molecule has 0 radical (unpaired) electrons. The molecule has 1 heterocycles. The zero-order chi connectivity index (χ0) is 16.3. The Morgan fingerprint density at radius 3 is 2.58 bits per heavy atom. The van der Waals surface area contributed by atoms with E-state index in [1.54, 1.807) is 18.4 Å². The fraction of sp³-hybridized carbons (Fsp3) is 0.389. The number of hydrogen-bond donors (Lipinski definition) is 2. The standard InChI is InChI=1S/C18H25N3OS.HI/c1-15-7-9-16(10-8-15)22-12-4-3-11-20-18(19-2)21-14-17-6-5-13-23-17;/h5-10,13H,3-4,11-12,14H2,1-2H3,(H2,19,20,21);1H. The highest BCUT2D eigenvalue weighted by atomic mass is 127. The van der Waals surface area contributed by atoms with Gasteiger partial charge in [0.25, 0.3) is 0 Å². The van der Waals surface area contributed by atoms with Gasteiger partial charge < -0.3 is 15.4 Å². The summed E-state index contributed by atoms with van der Waals surface area (Å²) in [5.74, 6) is 1.79. The molecule has 0 unspecified atom stereocenters. The fourth-order valence-corrected chi connectivity index (χ4v) is 2.71. The van der Waals surface area contributed by atoms with Crippen LogP contribution in [0.2, 0.25) is 0 Å². The molecule has 0 atom stereocenters. The summed E-state index contributed by atoms with van der Waals surface area (Å²) in [7, 11) is 1.80. The lowest BCUT2D eigenvalue weighted by atomic mass is 10.2. The maximum atomic E-state index is 5.72. The normalized spacial score (nSPS) is 10.8. The molecular formula is C18H26IN3OS. The topological polar surface area (TPSA) is 45.7 Å². The summed E-state index contributed by atoms with van der Waals surface area (Å²) in [4.78, 5) is 5.53. The van der Waals surface area contributed by atoms with Crippen LogP contribution in [0.1, 0.15) is 23.3 Å². The van der Waals surface area contributed by atoms with Gasteiger partial charge in [-0.25, -0.2) is 0 Å². The SMILES string of the molecule is CN=C(NCCCCOc1ccc(C)cc1)NCc1cccs1.I. The van der Waals surface area contributed by atoms with E-state index >= 15 is 0 Å². The molecule has 6 heteroatoms. The molecule has 0 saturated carbocycles. The zero-order valence-electron chi connectivity index (χ0n) is 14.2. The van der Waals surface area contributed by atoms with Crippen LogP contribution in [0.5, 0.6) is 5.75 Å². The summed E-state index contributed by atoms with van der Waals surface area (Å²) < 4.78 is 5.72. The summed E-state index contributed by atoms with van der Waals surface area (Å²) in [5.41, 5.74) is 1.25. The van der Waals surface area contributed by atoms with Gasteiger partial charge >= 0.3 is 0 Å². The second kappa shape index (κ2) is 12.1. The third kappa shape index (κ3) is 8.01. The van der Waals surface area contributed by atoms with Gasteiger partial charge in [0.05, 0.1) is 13.2 Å². The van der Waals surface area contributed by atoms with Crippen LogP contribution in [0, 0.1) is 6.92 Å². The number of unbranched alkanes of at least 4 members (excludes halogenated alkanes) is 1. The Kier molecular flexibility index (Phi) is 10.5. The maximum absolute atomic E-state index is 5.72. The van der Waals surface area contributed by atoms with Crippen molar-refractivity contribution in [3.05, 3.63) is 52.2 Å². The largest absolute Gasteiger partial charge is 0.494 e. The minimum atomic E-state index is 0. The van der Waals surface area contributed by atoms with E-state index in [1.807, 2.05) is 12.1 Å². The molecule has 2 rings (SSSR count). The van der Waals surface area contributed by atoms with Gasteiger partial charge in [0, 0.05) is 18.5 Å². The Morgan fingerprint density at radius 2 is 1.92 bits per heavy atom. The highest BCUT2D eigenvalue weighted by molar-refractivity contribution is 14.0. The average Bonchev–Trinajstić information content (AvgIpc) is 3.08. The lowest BCUT2D eigenvalue weighted by Gasteiger charge is -2.11. The summed E-state index contributed by atoms with van der Waals surface area (Å²) in [6.45, 7) is 4.52. The molecule has 0 amide bonds. The first-order valence-electron chi connectivity index (χ1n) is 7.94. The minimum Gasteiger partial charge on any atom is -0.494 e. The molecule has 0 spiro atoms. The zero-order valence-corrected chi connectivity index (χ0v) is 17.4. The second-order valence-corrected chi connectivity index (χ2v) is 6.33. The number of ether oxygens (including phenoxy) is 1. The Bertz CT molecular complexity index is 585. The second-order valence-electron chi connectivity index (χ2n) is 5.30. The number of nitrogens with zero attached hydrogens (tertiary/aromatic N) is 1. The van der Waals surface area contributed by atoms with E-state index in [1.165, 1.54) is 10.4 Å². The van der Waals surface area contributed by atoms with E-state index in [0.717, 1.165) is 44.2 Å². The Balaban J connectivity index is 0.00000288. The molecule has 0 aliphatic rings. The van der Waals surface area contributed by atoms with Gasteiger partial charge in [-0.05, 0) is 43.3 Å². The number of hydrogen-bond acceptors (Lipinski definition) is 3. The predicted molar refractivity (Wildman–Crippen MR) is 114 cm³/mol. The van der Waals surface area contributed by atoms with Gasteiger partial charge in [-0.1, -0.05) is 23.8 Å². The molecule has 0 aliphatic carbocycles. The van der Waals surface area contributed by atoms with Crippen LogP contribution in [0.25, 0.3) is 0 Å². The molecule has 4 nitrogen and oxygen atoms in total. The van der Waals surface area contributed by atoms with Crippen molar-refractivity contribution in [3.8, 4) is 5.75 Å². The first kappa shape index (κ1) is 20.8. The van der Waals surface area contributed by atoms with Crippen molar-refractivity contribution in [1.29, 1.82) is 0 Å². The summed E-state index contributed by atoms with van der Waals surface area (Å²) in [6, 6.07) is 12.4. The molecular weight excluding hydrogens is 433 g/mol. The number of halogens is 1. The molecule has 0 aliphatic heterocycles. The van der Waals surface area contributed by atoms with E-state index in [-0.39, 0.29) is 24.0 Å². The highest BCUT2D eigenvalue weighted by Crippen LogP contribution is 2.11. The maximum Gasteiger partial charge on any atom is 0.191 e. The summed E-state index contributed by atoms with van der Waals surface area (Å²) in [6.07, 6.45) is 2.06. The number of benzene rings is 1. The molecule has 1 aromatic carbocycles. The molecule has 132 valence electrons.